The summed E-state index contributed by atoms with van der Waals surface area (Å²) < 4.78 is 11.5. The fourth-order valence-electron chi connectivity index (χ4n) is 2.21. The molecule has 1 saturated heterocycles. The van der Waals surface area contributed by atoms with Gasteiger partial charge in [-0.2, -0.15) is 0 Å². The van der Waals surface area contributed by atoms with Crippen molar-refractivity contribution < 1.29 is 19.4 Å². The SMILES string of the molecule is CC1(C)CNCC(COCc2ccc(C(=O)O)cc2)O1. The number of hydrogen-bond acceptors (Lipinski definition) is 4. The summed E-state index contributed by atoms with van der Waals surface area (Å²) in [7, 11) is 0. The Balaban J connectivity index is 1.76. The van der Waals surface area contributed by atoms with Crippen LogP contribution in [0.1, 0.15) is 29.8 Å². The number of benzene rings is 1. The maximum atomic E-state index is 10.7. The van der Waals surface area contributed by atoms with Gasteiger partial charge in [0.2, 0.25) is 0 Å². The highest BCUT2D eigenvalue weighted by molar-refractivity contribution is 5.87. The van der Waals surface area contributed by atoms with Crippen LogP contribution in [0.2, 0.25) is 0 Å². The molecule has 5 nitrogen and oxygen atoms in total. The Hall–Kier alpha value is -1.43. The van der Waals surface area contributed by atoms with Crippen molar-refractivity contribution in [1.29, 1.82) is 0 Å². The minimum absolute atomic E-state index is 0.0528. The fourth-order valence-corrected chi connectivity index (χ4v) is 2.21. The van der Waals surface area contributed by atoms with Crippen LogP contribution < -0.4 is 5.32 Å². The molecule has 1 aliphatic heterocycles. The molecule has 1 aromatic rings. The molecule has 1 heterocycles. The maximum absolute atomic E-state index is 10.7. The van der Waals surface area contributed by atoms with Crippen LogP contribution in [0.25, 0.3) is 0 Å². The maximum Gasteiger partial charge on any atom is 0.335 e. The van der Waals surface area contributed by atoms with Gasteiger partial charge in [-0.3, -0.25) is 0 Å². The van der Waals surface area contributed by atoms with Crippen LogP contribution in [-0.2, 0) is 16.1 Å². The van der Waals surface area contributed by atoms with Crippen LogP contribution in [0.5, 0.6) is 0 Å². The number of ether oxygens (including phenoxy) is 2. The van der Waals surface area contributed by atoms with Crippen molar-refractivity contribution in [2.75, 3.05) is 19.7 Å². The van der Waals surface area contributed by atoms with Gasteiger partial charge in [0.25, 0.3) is 0 Å². The highest BCUT2D eigenvalue weighted by atomic mass is 16.5. The summed E-state index contributed by atoms with van der Waals surface area (Å²) >= 11 is 0. The van der Waals surface area contributed by atoms with E-state index in [0.717, 1.165) is 18.7 Å². The number of nitrogens with one attached hydrogen (secondary N) is 1. The zero-order chi connectivity index (χ0) is 14.6. The van der Waals surface area contributed by atoms with Gasteiger partial charge >= 0.3 is 5.97 Å². The van der Waals surface area contributed by atoms with E-state index >= 15 is 0 Å². The molecule has 5 heteroatoms. The second-order valence-corrected chi connectivity index (χ2v) is 5.65. The first-order valence-electron chi connectivity index (χ1n) is 6.75. The molecule has 1 unspecified atom stereocenters. The predicted molar refractivity (Wildman–Crippen MR) is 74.9 cm³/mol. The molecule has 1 atom stereocenters. The molecule has 0 aliphatic carbocycles. The molecule has 1 fully saturated rings. The molecule has 0 aromatic heterocycles. The van der Waals surface area contributed by atoms with E-state index in [9.17, 15) is 4.79 Å². The van der Waals surface area contributed by atoms with Crippen molar-refractivity contribution in [3.8, 4) is 0 Å². The van der Waals surface area contributed by atoms with Gasteiger partial charge in [-0.25, -0.2) is 4.79 Å². The highest BCUT2D eigenvalue weighted by Gasteiger charge is 2.28. The Morgan fingerprint density at radius 1 is 1.45 bits per heavy atom. The Kier molecular flexibility index (Phi) is 4.75. The predicted octanol–water partition coefficient (Wildman–Crippen LogP) is 1.67. The van der Waals surface area contributed by atoms with E-state index in [2.05, 4.69) is 19.2 Å². The minimum Gasteiger partial charge on any atom is -0.478 e. The molecule has 2 N–H and O–H groups in total. The van der Waals surface area contributed by atoms with Crippen LogP contribution >= 0.6 is 0 Å². The average Bonchev–Trinajstić information content (AvgIpc) is 2.38. The van der Waals surface area contributed by atoms with Gasteiger partial charge in [0.1, 0.15) is 0 Å². The van der Waals surface area contributed by atoms with E-state index in [0.29, 0.717) is 13.2 Å². The van der Waals surface area contributed by atoms with Crippen molar-refractivity contribution >= 4 is 5.97 Å². The number of morpholine rings is 1. The normalized spacial score (nSPS) is 21.6. The standard InChI is InChI=1S/C15H21NO4/c1-15(2)10-16-7-13(20-15)9-19-8-11-3-5-12(6-4-11)14(17)18/h3-6,13,16H,7-10H2,1-2H3,(H,17,18). The van der Waals surface area contributed by atoms with Crippen LogP contribution in [0.15, 0.2) is 24.3 Å². The lowest BCUT2D eigenvalue weighted by molar-refractivity contribution is -0.122. The first-order chi connectivity index (χ1) is 9.46. The van der Waals surface area contributed by atoms with Crippen molar-refractivity contribution in [2.24, 2.45) is 0 Å². The quantitative estimate of drug-likeness (QED) is 0.858. The van der Waals surface area contributed by atoms with Gasteiger partial charge in [-0.05, 0) is 31.5 Å². The van der Waals surface area contributed by atoms with Crippen molar-refractivity contribution in [3.05, 3.63) is 35.4 Å². The van der Waals surface area contributed by atoms with Gasteiger partial charge in [0, 0.05) is 13.1 Å². The molecule has 0 saturated carbocycles. The zero-order valence-corrected chi connectivity index (χ0v) is 11.9. The van der Waals surface area contributed by atoms with Crippen LogP contribution in [0.3, 0.4) is 0 Å². The monoisotopic (exact) mass is 279 g/mol. The molecule has 0 bridgehead atoms. The average molecular weight is 279 g/mol. The van der Waals surface area contributed by atoms with E-state index in [1.165, 1.54) is 0 Å². The summed E-state index contributed by atoms with van der Waals surface area (Å²) in [5, 5.41) is 12.1. The van der Waals surface area contributed by atoms with Gasteiger partial charge in [-0.15, -0.1) is 0 Å². The van der Waals surface area contributed by atoms with Gasteiger partial charge < -0.3 is 19.9 Å². The summed E-state index contributed by atoms with van der Waals surface area (Å²) in [6, 6.07) is 6.71. The van der Waals surface area contributed by atoms with E-state index in [1.54, 1.807) is 24.3 Å². The third-order valence-corrected chi connectivity index (χ3v) is 3.18. The molecule has 0 radical (unpaired) electrons. The first-order valence-corrected chi connectivity index (χ1v) is 6.75. The second kappa shape index (κ2) is 6.35. The van der Waals surface area contributed by atoms with Crippen molar-refractivity contribution in [3.63, 3.8) is 0 Å². The summed E-state index contributed by atoms with van der Waals surface area (Å²) in [6.45, 7) is 6.73. The highest BCUT2D eigenvalue weighted by Crippen LogP contribution is 2.15. The Morgan fingerprint density at radius 3 is 2.75 bits per heavy atom. The molecule has 0 amide bonds. The summed E-state index contributed by atoms with van der Waals surface area (Å²) in [6.07, 6.45) is 0.0528. The van der Waals surface area contributed by atoms with Crippen molar-refractivity contribution in [1.82, 2.24) is 5.32 Å². The van der Waals surface area contributed by atoms with Crippen LogP contribution in [-0.4, -0.2) is 42.5 Å². The molecular weight excluding hydrogens is 258 g/mol. The lowest BCUT2D eigenvalue weighted by Crippen LogP contribution is -2.51. The van der Waals surface area contributed by atoms with Crippen molar-refractivity contribution in [2.45, 2.75) is 32.2 Å². The molecule has 1 aliphatic rings. The Labute approximate surface area is 118 Å². The zero-order valence-electron chi connectivity index (χ0n) is 11.9. The van der Waals surface area contributed by atoms with Gasteiger partial charge in [0.05, 0.1) is 30.5 Å². The van der Waals surface area contributed by atoms with Crippen LogP contribution in [0, 0.1) is 0 Å². The lowest BCUT2D eigenvalue weighted by atomic mass is 10.1. The lowest BCUT2D eigenvalue weighted by Gasteiger charge is -2.36. The number of aromatic carboxylic acids is 1. The topological polar surface area (TPSA) is 67.8 Å². The third-order valence-electron chi connectivity index (χ3n) is 3.18. The molecular formula is C15H21NO4. The molecule has 2 rings (SSSR count). The molecule has 110 valence electrons. The summed E-state index contributed by atoms with van der Waals surface area (Å²) in [4.78, 5) is 10.7. The third kappa shape index (κ3) is 4.30. The number of carboxylic acids is 1. The van der Waals surface area contributed by atoms with Gasteiger partial charge in [0.15, 0.2) is 0 Å². The first kappa shape index (κ1) is 15.0. The Morgan fingerprint density at radius 2 is 2.15 bits per heavy atom. The molecule has 20 heavy (non-hydrogen) atoms. The van der Waals surface area contributed by atoms with E-state index in [1.807, 2.05) is 0 Å². The Bertz CT molecular complexity index is 455. The second-order valence-electron chi connectivity index (χ2n) is 5.65. The largest absolute Gasteiger partial charge is 0.478 e. The summed E-state index contributed by atoms with van der Waals surface area (Å²) in [5.74, 6) is -0.915. The number of hydrogen-bond donors (Lipinski definition) is 2. The minimum atomic E-state index is -0.915. The molecule has 1 aromatic carbocycles. The van der Waals surface area contributed by atoms with Gasteiger partial charge in [-0.1, -0.05) is 12.1 Å². The number of rotatable bonds is 5. The van der Waals surface area contributed by atoms with E-state index in [-0.39, 0.29) is 17.3 Å². The smallest absolute Gasteiger partial charge is 0.335 e. The van der Waals surface area contributed by atoms with E-state index < -0.39 is 5.97 Å². The molecule has 0 spiro atoms. The number of carbonyl (C=O) groups is 1. The fraction of sp³-hybridized carbons (Fsp3) is 0.533. The van der Waals surface area contributed by atoms with Crippen LogP contribution in [0.4, 0.5) is 0 Å². The number of carboxylic acid groups (broad SMARTS) is 1. The van der Waals surface area contributed by atoms with E-state index in [4.69, 9.17) is 14.6 Å². The summed E-state index contributed by atoms with van der Waals surface area (Å²) in [5.41, 5.74) is 1.09.